The van der Waals surface area contributed by atoms with Crippen LogP contribution in [0.4, 0.5) is 0 Å². The predicted octanol–water partition coefficient (Wildman–Crippen LogP) is 13.6. The lowest BCUT2D eigenvalue weighted by Crippen LogP contribution is -2.00. The summed E-state index contributed by atoms with van der Waals surface area (Å²) in [5, 5.41) is 5.87. The van der Waals surface area contributed by atoms with Crippen LogP contribution in [0.5, 0.6) is 0 Å². The highest BCUT2D eigenvalue weighted by molar-refractivity contribution is 7.26. The molecule has 248 valence electrons. The largest absolute Gasteiger partial charge is 0.236 e. The van der Waals surface area contributed by atoms with Crippen LogP contribution in [-0.4, -0.2) is 19.9 Å². The molecule has 0 aliphatic rings. The van der Waals surface area contributed by atoms with E-state index in [0.29, 0.717) is 17.5 Å². The number of para-hydroxylation sites is 1. The standard InChI is InChI=1S/C46H26N4S3/c1-2-11-27(12-3-1)43-48-44(50-45(49-43)35-18-9-16-32-31-15-4-6-20-37(31)52-42(32)35)34-17-10-22-39-41(34)33-24-23-29(26-40(33)51-39)28-13-8-14-30(25-28)46-47-36-19-5-7-21-38(36)53-46/h1-26H. The van der Waals surface area contributed by atoms with Gasteiger partial charge in [0.2, 0.25) is 0 Å². The summed E-state index contributed by atoms with van der Waals surface area (Å²) in [4.78, 5) is 20.5. The minimum atomic E-state index is 0.663. The number of nitrogens with zero attached hydrogens (tertiary/aromatic N) is 4. The second-order valence-electron chi connectivity index (χ2n) is 13.0. The van der Waals surface area contributed by atoms with Gasteiger partial charge in [-0.15, -0.1) is 34.0 Å². The Hall–Kier alpha value is -6.12. The summed E-state index contributed by atoms with van der Waals surface area (Å²) in [6, 6.07) is 55.6. The normalized spacial score (nSPS) is 11.8. The summed E-state index contributed by atoms with van der Waals surface area (Å²) in [7, 11) is 0. The monoisotopic (exact) mass is 730 g/mol. The molecule has 0 aliphatic heterocycles. The summed E-state index contributed by atoms with van der Waals surface area (Å²) in [5.74, 6) is 2.01. The Kier molecular flexibility index (Phi) is 7.05. The Morgan fingerprint density at radius 3 is 1.91 bits per heavy atom. The zero-order valence-electron chi connectivity index (χ0n) is 28.0. The molecule has 4 heterocycles. The fraction of sp³-hybridized carbons (Fsp3) is 0. The molecular formula is C46H26N4S3. The molecule has 0 unspecified atom stereocenters. The lowest BCUT2D eigenvalue weighted by Gasteiger charge is -2.10. The Bertz CT molecular complexity index is 3160. The Labute approximate surface area is 316 Å². The van der Waals surface area contributed by atoms with Crippen molar-refractivity contribution < 1.29 is 0 Å². The zero-order valence-corrected chi connectivity index (χ0v) is 30.5. The molecule has 0 fully saturated rings. The summed E-state index contributed by atoms with van der Waals surface area (Å²) >= 11 is 5.33. The number of thiazole rings is 1. The van der Waals surface area contributed by atoms with E-state index in [1.54, 1.807) is 22.7 Å². The molecule has 11 aromatic rings. The van der Waals surface area contributed by atoms with Gasteiger partial charge in [0.1, 0.15) is 5.01 Å². The van der Waals surface area contributed by atoms with E-state index in [1.165, 1.54) is 56.2 Å². The lowest BCUT2D eigenvalue weighted by atomic mass is 10.00. The molecule has 0 saturated carbocycles. The van der Waals surface area contributed by atoms with Crippen LogP contribution in [0.2, 0.25) is 0 Å². The minimum Gasteiger partial charge on any atom is -0.236 e. The van der Waals surface area contributed by atoms with E-state index in [9.17, 15) is 0 Å². The molecule has 4 nitrogen and oxygen atoms in total. The van der Waals surface area contributed by atoms with E-state index in [0.717, 1.165) is 32.8 Å². The molecule has 0 N–H and O–H groups in total. The molecule has 0 bridgehead atoms. The van der Waals surface area contributed by atoms with Crippen molar-refractivity contribution in [3.05, 3.63) is 158 Å². The van der Waals surface area contributed by atoms with Gasteiger partial charge >= 0.3 is 0 Å². The molecule has 0 spiro atoms. The lowest BCUT2D eigenvalue weighted by molar-refractivity contribution is 1.08. The van der Waals surface area contributed by atoms with E-state index in [1.807, 2.05) is 35.6 Å². The van der Waals surface area contributed by atoms with E-state index in [4.69, 9.17) is 19.9 Å². The third kappa shape index (κ3) is 5.16. The van der Waals surface area contributed by atoms with Gasteiger partial charge in [0.05, 0.1) is 10.2 Å². The molecule has 4 aromatic heterocycles. The number of aromatic nitrogens is 4. The predicted molar refractivity (Wildman–Crippen MR) is 226 cm³/mol. The van der Waals surface area contributed by atoms with Crippen molar-refractivity contribution >= 4 is 84.6 Å². The van der Waals surface area contributed by atoms with Crippen LogP contribution in [0.1, 0.15) is 0 Å². The van der Waals surface area contributed by atoms with Crippen LogP contribution < -0.4 is 0 Å². The SMILES string of the molecule is c1ccc(-c2nc(-c3cccc4c3sc3ccccc34)nc(-c3cccc4sc5cc(-c6cccc(-c7nc8ccccc8s7)c6)ccc5c34)n2)cc1. The van der Waals surface area contributed by atoms with Crippen LogP contribution in [0.15, 0.2) is 158 Å². The molecule has 7 heteroatoms. The second kappa shape index (κ2) is 12.2. The quantitative estimate of drug-likeness (QED) is 0.177. The van der Waals surface area contributed by atoms with Crippen LogP contribution in [0.25, 0.3) is 106 Å². The molecule has 0 radical (unpaired) electrons. The average molecular weight is 731 g/mol. The summed E-state index contributed by atoms with van der Waals surface area (Å²) in [5.41, 5.74) is 7.51. The van der Waals surface area contributed by atoms with Crippen molar-refractivity contribution in [2.24, 2.45) is 0 Å². The van der Waals surface area contributed by atoms with E-state index in [2.05, 4.69) is 133 Å². The van der Waals surface area contributed by atoms with Gasteiger partial charge in [-0.2, -0.15) is 0 Å². The fourth-order valence-electron chi connectivity index (χ4n) is 7.28. The van der Waals surface area contributed by atoms with Gasteiger partial charge in [0, 0.05) is 62.6 Å². The Morgan fingerprint density at radius 2 is 1.00 bits per heavy atom. The van der Waals surface area contributed by atoms with Crippen molar-refractivity contribution in [3.8, 4) is 55.9 Å². The van der Waals surface area contributed by atoms with E-state index >= 15 is 0 Å². The first kappa shape index (κ1) is 30.5. The van der Waals surface area contributed by atoms with Gasteiger partial charge in [-0.05, 0) is 53.6 Å². The average Bonchev–Trinajstić information content (AvgIpc) is 3.94. The molecule has 53 heavy (non-hydrogen) atoms. The Morgan fingerprint density at radius 1 is 0.340 bits per heavy atom. The molecular weight excluding hydrogens is 705 g/mol. The van der Waals surface area contributed by atoms with Gasteiger partial charge in [-0.3, -0.25) is 0 Å². The molecule has 0 saturated heterocycles. The van der Waals surface area contributed by atoms with E-state index < -0.39 is 0 Å². The molecule has 0 aliphatic carbocycles. The van der Waals surface area contributed by atoms with Crippen molar-refractivity contribution in [1.82, 2.24) is 19.9 Å². The topological polar surface area (TPSA) is 51.6 Å². The van der Waals surface area contributed by atoms with Gasteiger partial charge in [-0.1, -0.05) is 115 Å². The molecule has 11 rings (SSSR count). The van der Waals surface area contributed by atoms with E-state index in [-0.39, 0.29) is 0 Å². The first-order chi connectivity index (χ1) is 26.2. The van der Waals surface area contributed by atoms with Gasteiger partial charge in [0.15, 0.2) is 17.5 Å². The third-order valence-corrected chi connectivity index (χ3v) is 13.2. The highest BCUT2D eigenvalue weighted by atomic mass is 32.1. The maximum Gasteiger partial charge on any atom is 0.165 e. The molecule has 0 atom stereocenters. The van der Waals surface area contributed by atoms with Crippen LogP contribution in [0.3, 0.4) is 0 Å². The first-order valence-electron chi connectivity index (χ1n) is 17.4. The number of thiophene rings is 2. The van der Waals surface area contributed by atoms with Crippen LogP contribution in [-0.2, 0) is 0 Å². The second-order valence-corrected chi connectivity index (χ2v) is 16.2. The molecule has 0 amide bonds. The van der Waals surface area contributed by atoms with Crippen molar-refractivity contribution in [3.63, 3.8) is 0 Å². The zero-order chi connectivity index (χ0) is 34.9. The Balaban J connectivity index is 1.06. The number of hydrogen-bond donors (Lipinski definition) is 0. The highest BCUT2D eigenvalue weighted by Crippen LogP contribution is 2.43. The maximum absolute atomic E-state index is 5.26. The van der Waals surface area contributed by atoms with Crippen molar-refractivity contribution in [2.75, 3.05) is 0 Å². The number of fused-ring (bicyclic) bond motifs is 7. The fourth-order valence-corrected chi connectivity index (χ4v) is 10.6. The highest BCUT2D eigenvalue weighted by Gasteiger charge is 2.19. The smallest absolute Gasteiger partial charge is 0.165 e. The van der Waals surface area contributed by atoms with Gasteiger partial charge in [-0.25, -0.2) is 19.9 Å². The maximum atomic E-state index is 5.26. The van der Waals surface area contributed by atoms with Crippen LogP contribution in [0, 0.1) is 0 Å². The summed E-state index contributed by atoms with van der Waals surface area (Å²) in [6.07, 6.45) is 0. The van der Waals surface area contributed by atoms with Crippen molar-refractivity contribution in [2.45, 2.75) is 0 Å². The number of rotatable bonds is 5. The minimum absolute atomic E-state index is 0.663. The van der Waals surface area contributed by atoms with Gasteiger partial charge in [0.25, 0.3) is 0 Å². The van der Waals surface area contributed by atoms with Crippen molar-refractivity contribution in [1.29, 1.82) is 0 Å². The summed E-state index contributed by atoms with van der Waals surface area (Å²) < 4.78 is 6.07. The first-order valence-corrected chi connectivity index (χ1v) is 19.8. The number of hydrogen-bond acceptors (Lipinski definition) is 7. The number of benzene rings is 7. The third-order valence-electron chi connectivity index (χ3n) is 9.79. The van der Waals surface area contributed by atoms with Gasteiger partial charge < -0.3 is 0 Å². The molecule has 7 aromatic carbocycles. The van der Waals surface area contributed by atoms with Crippen LogP contribution >= 0.6 is 34.0 Å². The summed E-state index contributed by atoms with van der Waals surface area (Å²) in [6.45, 7) is 0.